The Morgan fingerprint density at radius 1 is 0.867 bits per heavy atom. The van der Waals surface area contributed by atoms with Crippen molar-refractivity contribution in [2.75, 3.05) is 13.3 Å². The quantitative estimate of drug-likeness (QED) is 0.710. The zero-order valence-corrected chi connectivity index (χ0v) is 9.32. The Hall–Kier alpha value is -0.0800. The van der Waals surface area contributed by atoms with Crippen LogP contribution in [0.5, 0.6) is 0 Å². The van der Waals surface area contributed by atoms with Gasteiger partial charge in [-0.3, -0.25) is 5.32 Å². The van der Waals surface area contributed by atoms with Gasteiger partial charge in [0.15, 0.2) is 0 Å². The SMILES string of the molecule is C1NCC(C2C3CC4CC(C3)CC2C4)O1. The second-order valence-corrected chi connectivity index (χ2v) is 6.31. The van der Waals surface area contributed by atoms with Crippen molar-refractivity contribution in [2.45, 2.75) is 38.2 Å². The van der Waals surface area contributed by atoms with Crippen LogP contribution in [0.25, 0.3) is 0 Å². The van der Waals surface area contributed by atoms with Gasteiger partial charge in [0.05, 0.1) is 12.8 Å². The largest absolute Gasteiger partial charge is 0.361 e. The molecule has 1 unspecified atom stereocenters. The molecule has 0 aromatic rings. The van der Waals surface area contributed by atoms with Crippen molar-refractivity contribution >= 4 is 0 Å². The van der Waals surface area contributed by atoms with E-state index >= 15 is 0 Å². The third-order valence-corrected chi connectivity index (χ3v) is 5.47. The topological polar surface area (TPSA) is 21.3 Å². The van der Waals surface area contributed by atoms with Gasteiger partial charge in [0, 0.05) is 6.54 Å². The molecule has 0 aromatic carbocycles. The number of ether oxygens (including phenoxy) is 1. The minimum atomic E-state index is 0.556. The molecule has 1 aliphatic heterocycles. The normalized spacial score (nSPS) is 57.6. The van der Waals surface area contributed by atoms with Gasteiger partial charge in [-0.1, -0.05) is 0 Å². The summed E-state index contributed by atoms with van der Waals surface area (Å²) in [4.78, 5) is 0. The highest BCUT2D eigenvalue weighted by Gasteiger charge is 2.51. The van der Waals surface area contributed by atoms with E-state index in [0.717, 1.165) is 42.9 Å². The van der Waals surface area contributed by atoms with Gasteiger partial charge in [0.25, 0.3) is 0 Å². The van der Waals surface area contributed by atoms with E-state index < -0.39 is 0 Å². The molecule has 1 saturated heterocycles. The number of nitrogens with one attached hydrogen (secondary N) is 1. The van der Waals surface area contributed by atoms with E-state index in [1.807, 2.05) is 0 Å². The molecule has 2 nitrogen and oxygen atoms in total. The van der Waals surface area contributed by atoms with Gasteiger partial charge in [0.1, 0.15) is 0 Å². The monoisotopic (exact) mass is 207 g/mol. The first-order chi connectivity index (χ1) is 7.40. The van der Waals surface area contributed by atoms with Crippen molar-refractivity contribution in [2.24, 2.45) is 29.6 Å². The van der Waals surface area contributed by atoms with E-state index in [2.05, 4.69) is 5.32 Å². The van der Waals surface area contributed by atoms with Gasteiger partial charge in [-0.15, -0.1) is 0 Å². The number of hydrogen-bond acceptors (Lipinski definition) is 2. The van der Waals surface area contributed by atoms with E-state index in [1.165, 1.54) is 25.7 Å². The van der Waals surface area contributed by atoms with Crippen LogP contribution in [-0.2, 0) is 4.74 Å². The molecular weight excluding hydrogens is 186 g/mol. The van der Waals surface area contributed by atoms with Crippen LogP contribution in [0, 0.1) is 29.6 Å². The van der Waals surface area contributed by atoms with Crippen LogP contribution in [0.3, 0.4) is 0 Å². The zero-order chi connectivity index (χ0) is 9.83. The van der Waals surface area contributed by atoms with Crippen LogP contribution < -0.4 is 5.32 Å². The standard InChI is InChI=1S/C13H21NO/c1-8-2-10-4-9(1)5-11(3-8)13(10)12-6-14-7-15-12/h8-14H,1-7H2. The van der Waals surface area contributed by atoms with Crippen molar-refractivity contribution in [3.05, 3.63) is 0 Å². The fourth-order valence-corrected chi connectivity index (χ4v) is 5.25. The summed E-state index contributed by atoms with van der Waals surface area (Å²) in [5.41, 5.74) is 0. The lowest BCUT2D eigenvalue weighted by molar-refractivity contribution is -0.0919. The predicted molar refractivity (Wildman–Crippen MR) is 58.3 cm³/mol. The van der Waals surface area contributed by atoms with E-state index in [-0.39, 0.29) is 0 Å². The molecule has 2 heteroatoms. The van der Waals surface area contributed by atoms with E-state index in [4.69, 9.17) is 4.74 Å². The summed E-state index contributed by atoms with van der Waals surface area (Å²) in [7, 11) is 0. The second kappa shape index (κ2) is 3.21. The molecule has 5 aliphatic rings. The fraction of sp³-hybridized carbons (Fsp3) is 1.00. The highest BCUT2D eigenvalue weighted by Crippen LogP contribution is 2.57. The molecule has 0 aromatic heterocycles. The molecule has 4 bridgehead atoms. The van der Waals surface area contributed by atoms with Crippen LogP contribution in [0.2, 0.25) is 0 Å². The zero-order valence-electron chi connectivity index (χ0n) is 9.32. The molecule has 0 amide bonds. The molecule has 1 atom stereocenters. The summed E-state index contributed by atoms with van der Waals surface area (Å²) in [5.74, 6) is 5.14. The second-order valence-electron chi connectivity index (χ2n) is 6.31. The molecule has 4 aliphatic carbocycles. The van der Waals surface area contributed by atoms with Gasteiger partial charge in [0.2, 0.25) is 0 Å². The first kappa shape index (κ1) is 9.00. The van der Waals surface area contributed by atoms with Crippen LogP contribution in [0.15, 0.2) is 0 Å². The first-order valence-electron chi connectivity index (χ1n) is 6.72. The Morgan fingerprint density at radius 3 is 2.07 bits per heavy atom. The maximum Gasteiger partial charge on any atom is 0.0970 e. The smallest absolute Gasteiger partial charge is 0.0970 e. The molecule has 1 N–H and O–H groups in total. The van der Waals surface area contributed by atoms with Crippen LogP contribution >= 0.6 is 0 Å². The molecule has 1 heterocycles. The Morgan fingerprint density at radius 2 is 1.53 bits per heavy atom. The summed E-state index contributed by atoms with van der Waals surface area (Å²) in [5, 5.41) is 3.36. The van der Waals surface area contributed by atoms with Crippen LogP contribution in [0.1, 0.15) is 32.1 Å². The van der Waals surface area contributed by atoms with Gasteiger partial charge < -0.3 is 4.74 Å². The van der Waals surface area contributed by atoms with Crippen molar-refractivity contribution in [3.63, 3.8) is 0 Å². The summed E-state index contributed by atoms with van der Waals surface area (Å²) in [6.45, 7) is 1.92. The van der Waals surface area contributed by atoms with E-state index in [9.17, 15) is 0 Å². The Labute approximate surface area is 91.8 Å². The van der Waals surface area contributed by atoms with Crippen molar-refractivity contribution < 1.29 is 4.74 Å². The third kappa shape index (κ3) is 1.31. The summed E-state index contributed by atoms with van der Waals surface area (Å²) < 4.78 is 5.87. The molecular formula is C13H21NO. The number of rotatable bonds is 1. The summed E-state index contributed by atoms with van der Waals surface area (Å²) in [6.07, 6.45) is 8.22. The lowest BCUT2D eigenvalue weighted by atomic mass is 9.51. The molecule has 5 rings (SSSR count). The lowest BCUT2D eigenvalue weighted by Gasteiger charge is -2.55. The third-order valence-electron chi connectivity index (χ3n) is 5.47. The summed E-state index contributed by atoms with van der Waals surface area (Å²) >= 11 is 0. The van der Waals surface area contributed by atoms with Gasteiger partial charge in [-0.2, -0.15) is 0 Å². The summed E-state index contributed by atoms with van der Waals surface area (Å²) in [6, 6.07) is 0. The van der Waals surface area contributed by atoms with Crippen molar-refractivity contribution in [1.29, 1.82) is 0 Å². The minimum absolute atomic E-state index is 0.556. The first-order valence-corrected chi connectivity index (χ1v) is 6.72. The van der Waals surface area contributed by atoms with E-state index in [1.54, 1.807) is 6.42 Å². The maximum absolute atomic E-state index is 5.87. The molecule has 0 spiro atoms. The van der Waals surface area contributed by atoms with Crippen LogP contribution in [-0.4, -0.2) is 19.4 Å². The minimum Gasteiger partial charge on any atom is -0.361 e. The van der Waals surface area contributed by atoms with E-state index in [0.29, 0.717) is 6.10 Å². The Bertz CT molecular complexity index is 231. The fourth-order valence-electron chi connectivity index (χ4n) is 5.25. The Balaban J connectivity index is 1.59. The van der Waals surface area contributed by atoms with Gasteiger partial charge >= 0.3 is 0 Å². The van der Waals surface area contributed by atoms with Gasteiger partial charge in [-0.05, 0) is 61.7 Å². The highest BCUT2D eigenvalue weighted by molar-refractivity contribution is 5.01. The lowest BCUT2D eigenvalue weighted by Crippen LogP contribution is -2.50. The number of hydrogen-bond donors (Lipinski definition) is 1. The van der Waals surface area contributed by atoms with Gasteiger partial charge in [-0.25, -0.2) is 0 Å². The average Bonchev–Trinajstić information content (AvgIpc) is 2.69. The molecule has 15 heavy (non-hydrogen) atoms. The molecule has 4 saturated carbocycles. The average molecular weight is 207 g/mol. The van der Waals surface area contributed by atoms with Crippen LogP contribution in [0.4, 0.5) is 0 Å². The van der Waals surface area contributed by atoms with Crippen molar-refractivity contribution in [1.82, 2.24) is 5.32 Å². The van der Waals surface area contributed by atoms with Crippen molar-refractivity contribution in [3.8, 4) is 0 Å². The predicted octanol–water partition coefficient (Wildman–Crippen LogP) is 2.00. The highest BCUT2D eigenvalue weighted by atomic mass is 16.5. The maximum atomic E-state index is 5.87. The Kier molecular flexibility index (Phi) is 1.92. The molecule has 0 radical (unpaired) electrons. The molecule has 84 valence electrons. The molecule has 5 fully saturated rings.